The highest BCUT2D eigenvalue weighted by atomic mass is 19.3. The number of imidazole rings is 1. The molecular formula is C13H14F2N2O. The third kappa shape index (κ3) is 1.83. The summed E-state index contributed by atoms with van der Waals surface area (Å²) in [5.74, 6) is -2.56. The van der Waals surface area contributed by atoms with Gasteiger partial charge in [0.15, 0.2) is 0 Å². The van der Waals surface area contributed by atoms with Gasteiger partial charge in [0.2, 0.25) is 5.92 Å². The van der Waals surface area contributed by atoms with Gasteiger partial charge in [0.25, 0.3) is 0 Å². The summed E-state index contributed by atoms with van der Waals surface area (Å²) >= 11 is 0. The van der Waals surface area contributed by atoms with E-state index < -0.39 is 5.92 Å². The highest BCUT2D eigenvalue weighted by Crippen LogP contribution is 2.38. The Morgan fingerprint density at radius 3 is 2.61 bits per heavy atom. The zero-order chi connectivity index (χ0) is 12.8. The van der Waals surface area contributed by atoms with Crippen molar-refractivity contribution in [1.82, 2.24) is 9.55 Å². The summed E-state index contributed by atoms with van der Waals surface area (Å²) in [5.41, 5.74) is 1.36. The van der Waals surface area contributed by atoms with Gasteiger partial charge in [-0.2, -0.15) is 0 Å². The molecule has 3 nitrogen and oxygen atoms in total. The van der Waals surface area contributed by atoms with E-state index in [2.05, 4.69) is 4.98 Å². The summed E-state index contributed by atoms with van der Waals surface area (Å²) in [6, 6.07) is 7.25. The number of nitrogens with one attached hydrogen (secondary N) is 1. The van der Waals surface area contributed by atoms with Gasteiger partial charge in [0.05, 0.1) is 11.0 Å². The summed E-state index contributed by atoms with van der Waals surface area (Å²) in [4.78, 5) is 14.7. The van der Waals surface area contributed by atoms with E-state index in [1.807, 2.05) is 24.3 Å². The maximum absolute atomic E-state index is 13.1. The number of aromatic amines is 1. The number of halogens is 2. The third-order valence-corrected chi connectivity index (χ3v) is 3.68. The van der Waals surface area contributed by atoms with Crippen LogP contribution in [0.5, 0.6) is 0 Å². The molecule has 18 heavy (non-hydrogen) atoms. The predicted molar refractivity (Wildman–Crippen MR) is 65.0 cm³/mol. The average molecular weight is 252 g/mol. The van der Waals surface area contributed by atoms with Crippen LogP contribution in [0.1, 0.15) is 31.7 Å². The molecule has 2 aromatic rings. The molecule has 0 atom stereocenters. The molecule has 1 aliphatic rings. The lowest BCUT2D eigenvalue weighted by Crippen LogP contribution is -2.30. The second-order valence-electron chi connectivity index (χ2n) is 4.90. The molecule has 96 valence electrons. The van der Waals surface area contributed by atoms with Gasteiger partial charge in [0.1, 0.15) is 0 Å². The van der Waals surface area contributed by atoms with Crippen molar-refractivity contribution in [3.05, 3.63) is 34.7 Å². The van der Waals surface area contributed by atoms with Crippen molar-refractivity contribution in [2.24, 2.45) is 0 Å². The molecule has 0 aliphatic heterocycles. The van der Waals surface area contributed by atoms with Crippen molar-refractivity contribution in [1.29, 1.82) is 0 Å². The molecule has 0 amide bonds. The van der Waals surface area contributed by atoms with Crippen molar-refractivity contribution in [3.8, 4) is 0 Å². The van der Waals surface area contributed by atoms with Crippen LogP contribution in [0.3, 0.4) is 0 Å². The minimum atomic E-state index is -2.56. The molecular weight excluding hydrogens is 238 g/mol. The fraction of sp³-hybridized carbons (Fsp3) is 0.462. The first-order valence-electron chi connectivity index (χ1n) is 6.14. The molecule has 1 fully saturated rings. The molecule has 1 N–H and O–H groups in total. The number of aromatic nitrogens is 2. The van der Waals surface area contributed by atoms with Gasteiger partial charge in [-0.25, -0.2) is 13.6 Å². The molecule has 1 saturated carbocycles. The Labute approximate surface area is 102 Å². The van der Waals surface area contributed by atoms with Gasteiger partial charge in [-0.05, 0) is 25.0 Å². The SMILES string of the molecule is O=c1[nH]c2ccccc2n1C1CCC(F)(F)CC1. The van der Waals surface area contributed by atoms with Crippen molar-refractivity contribution in [3.63, 3.8) is 0 Å². The van der Waals surface area contributed by atoms with Gasteiger partial charge in [-0.1, -0.05) is 12.1 Å². The number of nitrogens with zero attached hydrogens (tertiary/aromatic N) is 1. The Morgan fingerprint density at radius 2 is 1.89 bits per heavy atom. The molecule has 1 aromatic heterocycles. The average Bonchev–Trinajstić information content (AvgIpc) is 2.66. The Kier molecular flexibility index (Phi) is 2.50. The predicted octanol–water partition coefficient (Wildman–Crippen LogP) is 3.08. The summed E-state index contributed by atoms with van der Waals surface area (Å²) in [7, 11) is 0. The minimum absolute atomic E-state index is 0.117. The topological polar surface area (TPSA) is 37.8 Å². The highest BCUT2D eigenvalue weighted by molar-refractivity contribution is 5.75. The smallest absolute Gasteiger partial charge is 0.306 e. The van der Waals surface area contributed by atoms with Crippen LogP contribution in [0.4, 0.5) is 8.78 Å². The van der Waals surface area contributed by atoms with Crippen molar-refractivity contribution < 1.29 is 8.78 Å². The molecule has 0 spiro atoms. The molecule has 0 saturated heterocycles. The van der Waals surface area contributed by atoms with Gasteiger partial charge in [-0.3, -0.25) is 4.57 Å². The fourth-order valence-electron chi connectivity index (χ4n) is 2.72. The first-order chi connectivity index (χ1) is 8.57. The largest absolute Gasteiger partial charge is 0.326 e. The molecule has 0 radical (unpaired) electrons. The van der Waals surface area contributed by atoms with Crippen LogP contribution in [0, 0.1) is 0 Å². The van der Waals surface area contributed by atoms with Gasteiger partial charge in [-0.15, -0.1) is 0 Å². The number of hydrogen-bond acceptors (Lipinski definition) is 1. The van der Waals surface area contributed by atoms with Crippen molar-refractivity contribution in [2.75, 3.05) is 0 Å². The molecule has 1 heterocycles. The first kappa shape index (κ1) is 11.4. The van der Waals surface area contributed by atoms with E-state index in [1.54, 1.807) is 4.57 Å². The van der Waals surface area contributed by atoms with Gasteiger partial charge >= 0.3 is 5.69 Å². The minimum Gasteiger partial charge on any atom is -0.306 e. The lowest BCUT2D eigenvalue weighted by Gasteiger charge is -2.28. The maximum atomic E-state index is 13.1. The monoisotopic (exact) mass is 252 g/mol. The quantitative estimate of drug-likeness (QED) is 0.832. The standard InChI is InChI=1S/C13H14F2N2O/c14-13(15)7-5-9(6-8-13)17-11-4-2-1-3-10(11)16-12(17)18/h1-4,9H,5-8H2,(H,16,18). The van der Waals surface area contributed by atoms with E-state index >= 15 is 0 Å². The third-order valence-electron chi connectivity index (χ3n) is 3.68. The van der Waals surface area contributed by atoms with Crippen LogP contribution in [-0.4, -0.2) is 15.5 Å². The Hall–Kier alpha value is -1.65. The molecule has 5 heteroatoms. The number of benzene rings is 1. The lowest BCUT2D eigenvalue weighted by molar-refractivity contribution is -0.0438. The number of H-pyrrole nitrogens is 1. The van der Waals surface area contributed by atoms with E-state index in [-0.39, 0.29) is 24.6 Å². The molecule has 1 aromatic carbocycles. The Morgan fingerprint density at radius 1 is 1.22 bits per heavy atom. The second kappa shape index (κ2) is 3.93. The maximum Gasteiger partial charge on any atom is 0.326 e. The highest BCUT2D eigenvalue weighted by Gasteiger charge is 2.36. The number of rotatable bonds is 1. The normalized spacial score (nSPS) is 20.3. The molecule has 1 aliphatic carbocycles. The Bertz CT molecular complexity index is 619. The summed E-state index contributed by atoms with van der Waals surface area (Å²) in [6.45, 7) is 0. The first-order valence-corrected chi connectivity index (χ1v) is 6.14. The number of para-hydroxylation sites is 2. The van der Waals surface area contributed by atoms with Gasteiger partial charge in [0, 0.05) is 18.9 Å². The van der Waals surface area contributed by atoms with Crippen LogP contribution >= 0.6 is 0 Å². The van der Waals surface area contributed by atoms with E-state index in [1.165, 1.54) is 0 Å². The van der Waals surface area contributed by atoms with E-state index in [9.17, 15) is 13.6 Å². The summed E-state index contributed by atoms with van der Waals surface area (Å²) in [5, 5.41) is 0. The van der Waals surface area contributed by atoms with Crippen LogP contribution in [-0.2, 0) is 0 Å². The van der Waals surface area contributed by atoms with Gasteiger partial charge < -0.3 is 4.98 Å². The van der Waals surface area contributed by atoms with Crippen LogP contribution in [0.25, 0.3) is 11.0 Å². The molecule has 0 unspecified atom stereocenters. The lowest BCUT2D eigenvalue weighted by atomic mass is 9.92. The Balaban J connectivity index is 2.00. The van der Waals surface area contributed by atoms with E-state index in [4.69, 9.17) is 0 Å². The van der Waals surface area contributed by atoms with Crippen LogP contribution in [0.2, 0.25) is 0 Å². The van der Waals surface area contributed by atoms with Crippen LogP contribution in [0.15, 0.2) is 29.1 Å². The molecule has 0 bridgehead atoms. The fourth-order valence-corrected chi connectivity index (χ4v) is 2.72. The second-order valence-corrected chi connectivity index (χ2v) is 4.90. The zero-order valence-corrected chi connectivity index (χ0v) is 9.83. The van der Waals surface area contributed by atoms with Crippen LogP contribution < -0.4 is 5.69 Å². The zero-order valence-electron chi connectivity index (χ0n) is 9.83. The number of alkyl halides is 2. The van der Waals surface area contributed by atoms with Crippen molar-refractivity contribution in [2.45, 2.75) is 37.6 Å². The summed E-state index contributed by atoms with van der Waals surface area (Å²) < 4.78 is 27.9. The number of fused-ring (bicyclic) bond motifs is 1. The van der Waals surface area contributed by atoms with E-state index in [0.717, 1.165) is 11.0 Å². The van der Waals surface area contributed by atoms with Crippen molar-refractivity contribution >= 4 is 11.0 Å². The molecule has 3 rings (SSSR count). The number of hydrogen-bond donors (Lipinski definition) is 1. The summed E-state index contributed by atoms with van der Waals surface area (Å²) in [6.07, 6.45) is 0.441. The van der Waals surface area contributed by atoms with E-state index in [0.29, 0.717) is 12.8 Å².